The molecule has 4 aromatic heterocycles. The summed E-state index contributed by atoms with van der Waals surface area (Å²) in [5, 5.41) is 0. The Morgan fingerprint density at radius 2 is 1.16 bits per heavy atom. The molecule has 16 heteroatoms. The number of nitrogens with zero attached hydrogens (tertiary/aromatic N) is 7. The van der Waals surface area contributed by atoms with Gasteiger partial charge in [-0.05, 0) is 92.7 Å². The van der Waals surface area contributed by atoms with Crippen molar-refractivity contribution in [2.24, 2.45) is 23.7 Å². The summed E-state index contributed by atoms with van der Waals surface area (Å²) in [6.45, 7) is 2.08. The van der Waals surface area contributed by atoms with Gasteiger partial charge in [-0.25, -0.2) is 18.4 Å². The number of hydrogen-bond donors (Lipinski definition) is 3. The van der Waals surface area contributed by atoms with Gasteiger partial charge >= 0.3 is 11.4 Å². The van der Waals surface area contributed by atoms with Gasteiger partial charge < -0.3 is 21.0 Å². The molecular formula is C33H38F2N10O4. The van der Waals surface area contributed by atoms with Crippen molar-refractivity contribution in [2.45, 2.75) is 84.1 Å². The summed E-state index contributed by atoms with van der Waals surface area (Å²) >= 11 is 0. The van der Waals surface area contributed by atoms with Gasteiger partial charge in [-0.2, -0.15) is 9.97 Å². The number of imidazole rings is 2. The minimum atomic E-state index is -0.970. The number of benzene rings is 1. The van der Waals surface area contributed by atoms with Crippen LogP contribution >= 0.6 is 0 Å². The SMILES string of the molecule is Nc1nc2c([nH]1)c(=O)n(CC1CC1)c(=O)n2CC1CC1.Nc1nc2c(c(=O)n(CC3CC3)c(=O)n2CC2CC2)n1Cc1ccc(F)c(F)c1. The Hall–Kier alpha value is -5.02. The number of aromatic nitrogens is 8. The number of anilines is 2. The summed E-state index contributed by atoms with van der Waals surface area (Å²) in [5.74, 6) is 0.0744. The van der Waals surface area contributed by atoms with Crippen LogP contribution in [0.4, 0.5) is 20.7 Å². The number of nitrogens with two attached hydrogens (primary N) is 2. The Bertz CT molecular complexity index is 2350. The first-order valence-corrected chi connectivity index (χ1v) is 17.0. The number of nitrogen functional groups attached to an aromatic ring is 2. The van der Waals surface area contributed by atoms with Crippen LogP contribution in [0.5, 0.6) is 0 Å². The zero-order valence-electron chi connectivity index (χ0n) is 26.9. The molecule has 4 saturated carbocycles. The van der Waals surface area contributed by atoms with Gasteiger partial charge in [-0.3, -0.25) is 27.9 Å². The van der Waals surface area contributed by atoms with Gasteiger partial charge in [0.05, 0.1) is 6.54 Å². The molecule has 0 saturated heterocycles. The van der Waals surface area contributed by atoms with Crippen molar-refractivity contribution in [1.29, 1.82) is 0 Å². The topological polar surface area (TPSA) is 187 Å². The van der Waals surface area contributed by atoms with E-state index in [2.05, 4.69) is 15.0 Å². The molecule has 0 amide bonds. The standard InChI is InChI=1S/C20H21F2N5O2.C13H17N5O2/c21-14-6-5-13(7-15(14)22)10-25-16-17(24-19(25)23)26(8-11-1-2-11)20(29)27(18(16)28)9-12-3-4-12;14-12-15-9-10(16-12)17(5-7-1-2-7)13(20)18(11(9)19)6-8-3-4-8/h5-7,11-12H,1-4,8-10H2,(H2,23,24);7-8H,1-6H2,(H3,14,15,16). The van der Waals surface area contributed by atoms with E-state index in [0.29, 0.717) is 66.6 Å². The van der Waals surface area contributed by atoms with Gasteiger partial charge in [-0.15, -0.1) is 0 Å². The third-order valence-corrected chi connectivity index (χ3v) is 9.90. The predicted octanol–water partition coefficient (Wildman–Crippen LogP) is 2.38. The van der Waals surface area contributed by atoms with Gasteiger partial charge in [0.15, 0.2) is 39.9 Å². The highest BCUT2D eigenvalue weighted by Gasteiger charge is 2.30. The van der Waals surface area contributed by atoms with Gasteiger partial charge in [-0.1, -0.05) is 6.07 Å². The highest BCUT2D eigenvalue weighted by atomic mass is 19.2. The lowest BCUT2D eigenvalue weighted by Gasteiger charge is -2.12. The van der Waals surface area contributed by atoms with Crippen LogP contribution in [-0.2, 0) is 32.7 Å². The molecule has 0 bridgehead atoms. The molecule has 0 atom stereocenters. The number of aromatic amines is 1. The summed E-state index contributed by atoms with van der Waals surface area (Å²) in [4.78, 5) is 62.4. The third kappa shape index (κ3) is 6.19. The number of nitrogens with one attached hydrogen (secondary N) is 1. The van der Waals surface area contributed by atoms with E-state index in [1.54, 1.807) is 9.13 Å². The maximum atomic E-state index is 13.6. The third-order valence-electron chi connectivity index (χ3n) is 9.90. The molecule has 4 fully saturated rings. The Balaban J connectivity index is 0.000000152. The Morgan fingerprint density at radius 3 is 1.69 bits per heavy atom. The molecule has 4 aliphatic carbocycles. The van der Waals surface area contributed by atoms with Crippen LogP contribution in [0, 0.1) is 35.3 Å². The Labute approximate surface area is 277 Å². The number of rotatable bonds is 10. The van der Waals surface area contributed by atoms with Gasteiger partial charge in [0.2, 0.25) is 5.95 Å². The van der Waals surface area contributed by atoms with Crippen LogP contribution in [0.3, 0.4) is 0 Å². The molecule has 4 aliphatic rings. The van der Waals surface area contributed by atoms with Crippen LogP contribution in [0.1, 0.15) is 56.9 Å². The van der Waals surface area contributed by atoms with Crippen LogP contribution < -0.4 is 34.0 Å². The molecule has 5 aromatic rings. The normalized spacial score (nSPS) is 17.5. The zero-order valence-corrected chi connectivity index (χ0v) is 26.9. The fourth-order valence-electron chi connectivity index (χ4n) is 6.36. The van der Waals surface area contributed by atoms with Gasteiger partial charge in [0.1, 0.15) is 0 Å². The van der Waals surface area contributed by atoms with Crippen LogP contribution in [0.15, 0.2) is 37.4 Å². The van der Waals surface area contributed by atoms with E-state index in [4.69, 9.17) is 11.5 Å². The predicted molar refractivity (Wildman–Crippen MR) is 178 cm³/mol. The second kappa shape index (κ2) is 11.8. The van der Waals surface area contributed by atoms with E-state index < -0.39 is 17.2 Å². The summed E-state index contributed by atoms with van der Waals surface area (Å²) < 4.78 is 34.2. The molecule has 49 heavy (non-hydrogen) atoms. The summed E-state index contributed by atoms with van der Waals surface area (Å²) in [5.41, 5.74) is 12.1. The van der Waals surface area contributed by atoms with Crippen molar-refractivity contribution in [3.05, 3.63) is 77.1 Å². The molecule has 0 unspecified atom stereocenters. The monoisotopic (exact) mass is 676 g/mol. The molecule has 4 heterocycles. The van der Waals surface area contributed by atoms with Crippen molar-refractivity contribution in [2.75, 3.05) is 11.5 Å². The maximum absolute atomic E-state index is 13.6. The fourth-order valence-corrected chi connectivity index (χ4v) is 6.36. The molecule has 0 aliphatic heterocycles. The molecule has 14 nitrogen and oxygen atoms in total. The lowest BCUT2D eigenvalue weighted by molar-refractivity contribution is 0.506. The summed E-state index contributed by atoms with van der Waals surface area (Å²) in [7, 11) is 0. The second-order valence-electron chi connectivity index (χ2n) is 14.2. The van der Waals surface area contributed by atoms with Gasteiger partial charge in [0, 0.05) is 26.2 Å². The minimum absolute atomic E-state index is 0.0554. The molecule has 9 rings (SSSR count). The Kier molecular flexibility index (Phi) is 7.55. The van der Waals surface area contributed by atoms with E-state index in [1.165, 1.54) is 19.8 Å². The maximum Gasteiger partial charge on any atom is 0.332 e. The van der Waals surface area contributed by atoms with Crippen molar-refractivity contribution in [1.82, 2.24) is 37.8 Å². The van der Waals surface area contributed by atoms with E-state index in [1.807, 2.05) is 0 Å². The quantitative estimate of drug-likeness (QED) is 0.201. The van der Waals surface area contributed by atoms with Crippen LogP contribution in [0.25, 0.3) is 22.3 Å². The van der Waals surface area contributed by atoms with E-state index in [0.717, 1.165) is 63.5 Å². The first-order chi connectivity index (χ1) is 23.5. The lowest BCUT2D eigenvalue weighted by atomic mass is 10.2. The summed E-state index contributed by atoms with van der Waals surface area (Å²) in [6, 6.07) is 3.55. The lowest BCUT2D eigenvalue weighted by Crippen LogP contribution is -2.41. The molecule has 258 valence electrons. The van der Waals surface area contributed by atoms with E-state index in [9.17, 15) is 28.0 Å². The van der Waals surface area contributed by atoms with Gasteiger partial charge in [0.25, 0.3) is 11.1 Å². The number of fused-ring (bicyclic) bond motifs is 2. The highest BCUT2D eigenvalue weighted by Crippen LogP contribution is 2.33. The average molecular weight is 677 g/mol. The summed E-state index contributed by atoms with van der Waals surface area (Å²) in [6.07, 6.45) is 8.55. The molecule has 0 radical (unpaired) electrons. The number of H-pyrrole nitrogens is 1. The first kappa shape index (κ1) is 31.3. The van der Waals surface area contributed by atoms with Crippen LogP contribution in [-0.4, -0.2) is 37.8 Å². The minimum Gasteiger partial charge on any atom is -0.369 e. The van der Waals surface area contributed by atoms with Crippen LogP contribution in [0.2, 0.25) is 0 Å². The Morgan fingerprint density at radius 1 is 0.653 bits per heavy atom. The number of halogens is 2. The largest absolute Gasteiger partial charge is 0.369 e. The fraction of sp³-hybridized carbons (Fsp3) is 0.515. The zero-order chi connectivity index (χ0) is 34.1. The smallest absolute Gasteiger partial charge is 0.332 e. The number of hydrogen-bond acceptors (Lipinski definition) is 8. The second-order valence-corrected chi connectivity index (χ2v) is 14.2. The average Bonchev–Trinajstić information content (AvgIpc) is 3.86. The van der Waals surface area contributed by atoms with Crippen molar-refractivity contribution in [3.63, 3.8) is 0 Å². The van der Waals surface area contributed by atoms with Crippen molar-refractivity contribution >= 4 is 34.2 Å². The first-order valence-electron chi connectivity index (χ1n) is 17.0. The van der Waals surface area contributed by atoms with Crippen molar-refractivity contribution < 1.29 is 8.78 Å². The molecular weight excluding hydrogens is 638 g/mol. The molecule has 5 N–H and O–H groups in total. The van der Waals surface area contributed by atoms with Crippen molar-refractivity contribution in [3.8, 4) is 0 Å². The van der Waals surface area contributed by atoms with E-state index >= 15 is 0 Å². The van der Waals surface area contributed by atoms with E-state index in [-0.39, 0.29) is 46.5 Å². The highest BCUT2D eigenvalue weighted by molar-refractivity contribution is 5.74. The molecule has 1 aromatic carbocycles. The molecule has 0 spiro atoms.